The molecular formula is C15H30N+. The maximum Gasteiger partial charge on any atom is 0.0889 e. The Bertz CT molecular complexity index is 215. The fourth-order valence-corrected chi connectivity index (χ4v) is 4.27. The second-order valence-electron chi connectivity index (χ2n) is 6.46. The molecule has 0 bridgehead atoms. The molecule has 2 rings (SSSR count). The maximum absolute atomic E-state index is 2.54. The van der Waals surface area contributed by atoms with Crippen molar-refractivity contribution in [3.05, 3.63) is 0 Å². The summed E-state index contributed by atoms with van der Waals surface area (Å²) in [5.41, 5.74) is 0. The molecule has 0 aromatic carbocycles. The van der Waals surface area contributed by atoms with E-state index in [1.54, 1.807) is 0 Å². The Labute approximate surface area is 102 Å². The molecule has 0 aromatic rings. The summed E-state index contributed by atoms with van der Waals surface area (Å²) >= 11 is 0. The van der Waals surface area contributed by atoms with E-state index >= 15 is 0 Å². The normalized spacial score (nSPS) is 40.3. The summed E-state index contributed by atoms with van der Waals surface area (Å²) in [6.07, 6.45) is 10.3. The predicted molar refractivity (Wildman–Crippen MR) is 70.4 cm³/mol. The van der Waals surface area contributed by atoms with Gasteiger partial charge in [-0.2, -0.15) is 0 Å². The van der Waals surface area contributed by atoms with Crippen LogP contribution in [0, 0.1) is 5.92 Å². The molecule has 94 valence electrons. The monoisotopic (exact) mass is 224 g/mol. The highest BCUT2D eigenvalue weighted by atomic mass is 15.4. The van der Waals surface area contributed by atoms with Crippen molar-refractivity contribution in [3.63, 3.8) is 0 Å². The van der Waals surface area contributed by atoms with Crippen LogP contribution in [0.15, 0.2) is 0 Å². The quantitative estimate of drug-likeness (QED) is 0.546. The Morgan fingerprint density at radius 3 is 2.00 bits per heavy atom. The molecule has 3 unspecified atom stereocenters. The first-order valence-electron chi connectivity index (χ1n) is 7.53. The van der Waals surface area contributed by atoms with Gasteiger partial charge in [0, 0.05) is 5.92 Å². The third-order valence-electron chi connectivity index (χ3n) is 5.69. The van der Waals surface area contributed by atoms with Gasteiger partial charge in [0.2, 0.25) is 0 Å². The van der Waals surface area contributed by atoms with Crippen LogP contribution in [-0.4, -0.2) is 29.7 Å². The highest BCUT2D eigenvalue weighted by Crippen LogP contribution is 2.36. The van der Waals surface area contributed by atoms with E-state index in [0.717, 1.165) is 18.0 Å². The fourth-order valence-electron chi connectivity index (χ4n) is 4.27. The maximum atomic E-state index is 2.54. The fraction of sp³-hybridized carbons (Fsp3) is 1.00. The molecule has 2 heterocycles. The number of hydrogen-bond acceptors (Lipinski definition) is 0. The Balaban J connectivity index is 2.22. The molecule has 0 aromatic heterocycles. The SMILES string of the molecule is CC1CCCC(C)[N+]2(CCCCCC2)C1C. The van der Waals surface area contributed by atoms with Crippen molar-refractivity contribution in [1.29, 1.82) is 0 Å². The lowest BCUT2D eigenvalue weighted by Crippen LogP contribution is -2.60. The van der Waals surface area contributed by atoms with Crippen molar-refractivity contribution < 1.29 is 4.48 Å². The van der Waals surface area contributed by atoms with E-state index in [2.05, 4.69) is 20.8 Å². The van der Waals surface area contributed by atoms with Gasteiger partial charge in [0.1, 0.15) is 0 Å². The van der Waals surface area contributed by atoms with Crippen LogP contribution in [-0.2, 0) is 0 Å². The summed E-state index contributed by atoms with van der Waals surface area (Å²) in [6, 6.07) is 1.81. The van der Waals surface area contributed by atoms with Gasteiger partial charge in [-0.3, -0.25) is 0 Å². The van der Waals surface area contributed by atoms with Gasteiger partial charge in [0.15, 0.2) is 0 Å². The first kappa shape index (κ1) is 12.4. The van der Waals surface area contributed by atoms with Crippen LogP contribution in [0.25, 0.3) is 0 Å². The second-order valence-corrected chi connectivity index (χ2v) is 6.46. The van der Waals surface area contributed by atoms with Crippen LogP contribution in [0.1, 0.15) is 65.7 Å². The largest absolute Gasteiger partial charge is 0.319 e. The van der Waals surface area contributed by atoms with Crippen LogP contribution in [0.3, 0.4) is 0 Å². The van der Waals surface area contributed by atoms with E-state index in [-0.39, 0.29) is 0 Å². The average Bonchev–Trinajstić information content (AvgIpc) is 2.57. The molecule has 2 saturated heterocycles. The number of hydrogen-bond donors (Lipinski definition) is 0. The third kappa shape index (κ3) is 2.16. The van der Waals surface area contributed by atoms with Crippen molar-refractivity contribution >= 4 is 0 Å². The van der Waals surface area contributed by atoms with Crippen molar-refractivity contribution in [3.8, 4) is 0 Å². The smallest absolute Gasteiger partial charge is 0.0889 e. The zero-order chi connectivity index (χ0) is 11.6. The summed E-state index contributed by atoms with van der Waals surface area (Å²) in [5.74, 6) is 0.933. The first-order valence-corrected chi connectivity index (χ1v) is 7.53. The molecule has 1 heteroatoms. The summed E-state index contributed by atoms with van der Waals surface area (Å²) in [5, 5.41) is 0. The van der Waals surface area contributed by atoms with Crippen LogP contribution in [0.5, 0.6) is 0 Å². The summed E-state index contributed by atoms with van der Waals surface area (Å²) in [6.45, 7) is 10.5. The van der Waals surface area contributed by atoms with Crippen molar-refractivity contribution in [1.82, 2.24) is 0 Å². The molecule has 0 saturated carbocycles. The minimum absolute atomic E-state index is 0.899. The number of nitrogens with zero attached hydrogens (tertiary/aromatic N) is 1. The van der Waals surface area contributed by atoms with Crippen LogP contribution in [0.4, 0.5) is 0 Å². The van der Waals surface area contributed by atoms with Crippen LogP contribution >= 0.6 is 0 Å². The number of quaternary nitrogens is 1. The van der Waals surface area contributed by atoms with Gasteiger partial charge >= 0.3 is 0 Å². The molecule has 16 heavy (non-hydrogen) atoms. The topological polar surface area (TPSA) is 0 Å². The Morgan fingerprint density at radius 1 is 0.750 bits per heavy atom. The van der Waals surface area contributed by atoms with E-state index in [1.165, 1.54) is 62.5 Å². The predicted octanol–water partition coefficient (Wildman–Crippen LogP) is 3.97. The van der Waals surface area contributed by atoms with Crippen LogP contribution < -0.4 is 0 Å². The highest BCUT2D eigenvalue weighted by Gasteiger charge is 2.43. The minimum atomic E-state index is 0.899. The second kappa shape index (κ2) is 5.08. The van der Waals surface area contributed by atoms with Gasteiger partial charge in [-0.15, -0.1) is 0 Å². The van der Waals surface area contributed by atoms with Crippen molar-refractivity contribution in [2.24, 2.45) is 5.92 Å². The lowest BCUT2D eigenvalue weighted by Gasteiger charge is -2.48. The van der Waals surface area contributed by atoms with Gasteiger partial charge in [-0.25, -0.2) is 0 Å². The van der Waals surface area contributed by atoms with Gasteiger partial charge in [0.05, 0.1) is 25.2 Å². The number of rotatable bonds is 0. The van der Waals surface area contributed by atoms with Gasteiger partial charge < -0.3 is 4.48 Å². The molecule has 0 N–H and O–H groups in total. The lowest BCUT2D eigenvalue weighted by atomic mass is 9.96. The molecule has 1 spiro atoms. The molecule has 2 aliphatic rings. The zero-order valence-electron chi connectivity index (χ0n) is 11.5. The van der Waals surface area contributed by atoms with Gasteiger partial charge in [-0.1, -0.05) is 6.92 Å². The van der Waals surface area contributed by atoms with Crippen LogP contribution in [0.2, 0.25) is 0 Å². The summed E-state index contributed by atoms with van der Waals surface area (Å²) in [7, 11) is 0. The first-order chi connectivity index (χ1) is 7.67. The molecule has 1 nitrogen and oxygen atoms in total. The van der Waals surface area contributed by atoms with Gasteiger partial charge in [0.25, 0.3) is 0 Å². The summed E-state index contributed by atoms with van der Waals surface area (Å²) < 4.78 is 1.46. The molecular weight excluding hydrogens is 194 g/mol. The molecule has 0 amide bonds. The third-order valence-corrected chi connectivity index (χ3v) is 5.69. The molecule has 3 atom stereocenters. The van der Waals surface area contributed by atoms with Crippen molar-refractivity contribution in [2.45, 2.75) is 77.8 Å². The Hall–Kier alpha value is -0.0400. The standard InChI is InChI=1S/C15H30N/c1-13-9-8-10-14(2)16(15(13)3)11-6-4-5-7-12-16/h13-15H,4-12H2,1-3H3/q+1. The highest BCUT2D eigenvalue weighted by molar-refractivity contribution is 4.74. The molecule has 2 aliphatic heterocycles. The molecule has 0 radical (unpaired) electrons. The Kier molecular flexibility index (Phi) is 3.94. The van der Waals surface area contributed by atoms with Gasteiger partial charge in [-0.05, 0) is 58.8 Å². The molecule has 0 aliphatic carbocycles. The van der Waals surface area contributed by atoms with Crippen molar-refractivity contribution in [2.75, 3.05) is 13.1 Å². The zero-order valence-corrected chi connectivity index (χ0v) is 11.5. The average molecular weight is 224 g/mol. The van der Waals surface area contributed by atoms with E-state index in [0.29, 0.717) is 0 Å². The van der Waals surface area contributed by atoms with E-state index in [1.807, 2.05) is 0 Å². The lowest BCUT2D eigenvalue weighted by molar-refractivity contribution is -0.971. The van der Waals surface area contributed by atoms with E-state index in [4.69, 9.17) is 0 Å². The summed E-state index contributed by atoms with van der Waals surface area (Å²) in [4.78, 5) is 0. The molecule has 2 fully saturated rings. The minimum Gasteiger partial charge on any atom is -0.319 e. The Morgan fingerprint density at radius 2 is 1.38 bits per heavy atom. The van der Waals surface area contributed by atoms with E-state index in [9.17, 15) is 0 Å². The van der Waals surface area contributed by atoms with E-state index < -0.39 is 0 Å².